The minimum Gasteiger partial charge on any atom is -0.334 e. The van der Waals surface area contributed by atoms with Crippen molar-refractivity contribution in [1.82, 2.24) is 9.80 Å². The van der Waals surface area contributed by atoms with Crippen LogP contribution in [0.4, 0.5) is 17.6 Å². The molecule has 1 fully saturated rings. The Kier molecular flexibility index (Phi) is 3.77. The average Bonchev–Trinajstić information content (AvgIpc) is 2.20. The van der Waals surface area contributed by atoms with E-state index in [0.29, 0.717) is 6.54 Å². The third-order valence-electron chi connectivity index (χ3n) is 2.81. The fraction of sp³-hybridized carbons (Fsp3) is 0.889. The van der Waals surface area contributed by atoms with E-state index in [1.54, 1.807) is 14.0 Å². The van der Waals surface area contributed by atoms with Crippen molar-refractivity contribution in [3.05, 3.63) is 0 Å². The number of rotatable bonds is 2. The highest BCUT2D eigenvalue weighted by Crippen LogP contribution is 2.26. The summed E-state index contributed by atoms with van der Waals surface area (Å²) in [7, 11) is 1.79. The molecule has 1 amide bonds. The summed E-state index contributed by atoms with van der Waals surface area (Å²) in [5.74, 6) is -6.35. The van der Waals surface area contributed by atoms with Gasteiger partial charge in [-0.05, 0) is 14.0 Å². The molecule has 0 bridgehead atoms. The highest BCUT2D eigenvalue weighted by molar-refractivity contribution is 5.84. The molecule has 1 heterocycles. The molecule has 0 aromatic rings. The van der Waals surface area contributed by atoms with Crippen LogP contribution in [0, 0.1) is 0 Å². The lowest BCUT2D eigenvalue weighted by atomic mass is 10.2. The van der Waals surface area contributed by atoms with Crippen molar-refractivity contribution in [2.24, 2.45) is 0 Å². The van der Waals surface area contributed by atoms with Crippen molar-refractivity contribution in [3.8, 4) is 0 Å². The second kappa shape index (κ2) is 4.57. The smallest absolute Gasteiger partial charge is 0.334 e. The Hall–Kier alpha value is -0.850. The summed E-state index contributed by atoms with van der Waals surface area (Å²) in [5.41, 5.74) is 0. The number of alkyl halides is 4. The summed E-state index contributed by atoms with van der Waals surface area (Å²) in [4.78, 5) is 13.9. The summed E-state index contributed by atoms with van der Waals surface area (Å²) in [5, 5.41) is 0. The molecule has 0 aromatic carbocycles. The molecule has 0 spiro atoms. The molecule has 1 atom stereocenters. The molecule has 3 nitrogen and oxygen atoms in total. The number of halogens is 4. The number of hydrogen-bond donors (Lipinski definition) is 0. The van der Waals surface area contributed by atoms with E-state index in [1.807, 2.05) is 4.90 Å². The highest BCUT2D eigenvalue weighted by atomic mass is 19.3. The SMILES string of the molecule is CC1CN(C(=O)C(F)(F)C(F)F)CCN1C. The lowest BCUT2D eigenvalue weighted by Crippen LogP contribution is -2.57. The predicted octanol–water partition coefficient (Wildman–Crippen LogP) is 1.05. The van der Waals surface area contributed by atoms with Gasteiger partial charge < -0.3 is 9.80 Å². The van der Waals surface area contributed by atoms with Crippen molar-refractivity contribution in [2.45, 2.75) is 25.3 Å². The molecule has 1 aliphatic heterocycles. The Morgan fingerprint density at radius 1 is 1.38 bits per heavy atom. The topological polar surface area (TPSA) is 23.6 Å². The van der Waals surface area contributed by atoms with Crippen LogP contribution in [-0.4, -0.2) is 60.8 Å². The van der Waals surface area contributed by atoms with E-state index in [1.165, 1.54) is 0 Å². The molecule has 1 aliphatic rings. The second-order valence-corrected chi connectivity index (χ2v) is 4.00. The Morgan fingerprint density at radius 3 is 2.38 bits per heavy atom. The predicted molar refractivity (Wildman–Crippen MR) is 49.6 cm³/mol. The van der Waals surface area contributed by atoms with Crippen LogP contribution in [0.5, 0.6) is 0 Å². The van der Waals surface area contributed by atoms with Gasteiger partial charge in [-0.2, -0.15) is 8.78 Å². The first kappa shape index (κ1) is 13.2. The van der Waals surface area contributed by atoms with E-state index >= 15 is 0 Å². The second-order valence-electron chi connectivity index (χ2n) is 4.00. The first-order chi connectivity index (χ1) is 7.26. The number of carbonyl (C=O) groups is 1. The van der Waals surface area contributed by atoms with E-state index in [9.17, 15) is 22.4 Å². The van der Waals surface area contributed by atoms with Crippen molar-refractivity contribution in [2.75, 3.05) is 26.7 Å². The Labute approximate surface area is 91.0 Å². The first-order valence-corrected chi connectivity index (χ1v) is 4.92. The molecule has 0 radical (unpaired) electrons. The number of hydrogen-bond acceptors (Lipinski definition) is 2. The van der Waals surface area contributed by atoms with E-state index in [4.69, 9.17) is 0 Å². The average molecular weight is 242 g/mol. The zero-order valence-corrected chi connectivity index (χ0v) is 9.09. The van der Waals surface area contributed by atoms with Crippen molar-refractivity contribution >= 4 is 5.91 Å². The van der Waals surface area contributed by atoms with Crippen LogP contribution in [0.2, 0.25) is 0 Å². The molecule has 1 saturated heterocycles. The van der Waals surface area contributed by atoms with E-state index < -0.39 is 18.3 Å². The number of likely N-dealkylation sites (N-methyl/N-ethyl adjacent to an activating group) is 1. The Balaban J connectivity index is 2.69. The normalized spacial score (nSPS) is 23.9. The Morgan fingerprint density at radius 2 is 1.94 bits per heavy atom. The third-order valence-corrected chi connectivity index (χ3v) is 2.81. The fourth-order valence-electron chi connectivity index (χ4n) is 1.54. The largest absolute Gasteiger partial charge is 0.383 e. The Bertz CT molecular complexity index is 272. The molecule has 0 saturated carbocycles. The summed E-state index contributed by atoms with van der Waals surface area (Å²) in [6.07, 6.45) is -3.95. The zero-order valence-electron chi connectivity index (χ0n) is 9.09. The summed E-state index contributed by atoms with van der Waals surface area (Å²) < 4.78 is 49.6. The van der Waals surface area contributed by atoms with Crippen LogP contribution in [-0.2, 0) is 4.79 Å². The van der Waals surface area contributed by atoms with Crippen LogP contribution in [0.25, 0.3) is 0 Å². The minimum absolute atomic E-state index is 0.0532. The lowest BCUT2D eigenvalue weighted by Gasteiger charge is -2.38. The standard InChI is InChI=1S/C9H14F4N2O/c1-6-5-15(4-3-14(6)2)8(16)9(12,13)7(10)11/h6-7H,3-5H2,1-2H3. The maximum absolute atomic E-state index is 12.8. The van der Waals surface area contributed by atoms with E-state index in [2.05, 4.69) is 0 Å². The number of piperazine rings is 1. The summed E-state index contributed by atoms with van der Waals surface area (Å²) >= 11 is 0. The third kappa shape index (κ3) is 2.45. The van der Waals surface area contributed by atoms with Gasteiger partial charge in [0.15, 0.2) is 0 Å². The highest BCUT2D eigenvalue weighted by Gasteiger charge is 2.51. The van der Waals surface area contributed by atoms with Gasteiger partial charge in [0.1, 0.15) is 0 Å². The number of nitrogens with zero attached hydrogens (tertiary/aromatic N) is 2. The van der Waals surface area contributed by atoms with Crippen LogP contribution >= 0.6 is 0 Å². The van der Waals surface area contributed by atoms with E-state index in [-0.39, 0.29) is 19.1 Å². The molecule has 7 heteroatoms. The van der Waals surface area contributed by atoms with Gasteiger partial charge in [-0.25, -0.2) is 8.78 Å². The van der Waals surface area contributed by atoms with Gasteiger partial charge in [-0.3, -0.25) is 4.79 Å². The molecule has 0 N–H and O–H groups in total. The number of carbonyl (C=O) groups excluding carboxylic acids is 1. The van der Waals surface area contributed by atoms with Gasteiger partial charge in [-0.15, -0.1) is 0 Å². The first-order valence-electron chi connectivity index (χ1n) is 4.92. The molecular weight excluding hydrogens is 228 g/mol. The maximum atomic E-state index is 12.8. The molecule has 0 aromatic heterocycles. The van der Waals surface area contributed by atoms with E-state index in [0.717, 1.165) is 4.90 Å². The van der Waals surface area contributed by atoms with Crippen molar-refractivity contribution in [3.63, 3.8) is 0 Å². The zero-order chi connectivity index (χ0) is 12.5. The monoisotopic (exact) mass is 242 g/mol. The van der Waals surface area contributed by atoms with Crippen molar-refractivity contribution < 1.29 is 22.4 Å². The molecule has 1 unspecified atom stereocenters. The van der Waals surface area contributed by atoms with Crippen molar-refractivity contribution in [1.29, 1.82) is 0 Å². The van der Waals surface area contributed by atoms with Gasteiger partial charge in [0, 0.05) is 25.7 Å². The maximum Gasteiger partial charge on any atom is 0.383 e. The summed E-state index contributed by atoms with van der Waals surface area (Å²) in [6, 6.07) is -0.105. The quantitative estimate of drug-likeness (QED) is 0.676. The number of amides is 1. The lowest BCUT2D eigenvalue weighted by molar-refractivity contribution is -0.182. The van der Waals surface area contributed by atoms with Crippen LogP contribution in [0.1, 0.15) is 6.92 Å². The van der Waals surface area contributed by atoms with Gasteiger partial charge in [0.05, 0.1) is 0 Å². The summed E-state index contributed by atoms with van der Waals surface area (Å²) in [6.45, 7) is 2.27. The molecular formula is C9H14F4N2O. The van der Waals surface area contributed by atoms with Gasteiger partial charge >= 0.3 is 12.3 Å². The minimum atomic E-state index is -4.57. The fourth-order valence-corrected chi connectivity index (χ4v) is 1.54. The molecule has 16 heavy (non-hydrogen) atoms. The van der Waals surface area contributed by atoms with Crippen LogP contribution < -0.4 is 0 Å². The molecule has 0 aliphatic carbocycles. The molecule has 94 valence electrons. The molecule has 1 rings (SSSR count). The van der Waals surface area contributed by atoms with Gasteiger partial charge in [-0.1, -0.05) is 0 Å². The van der Waals surface area contributed by atoms with Gasteiger partial charge in [0.25, 0.3) is 5.91 Å². The van der Waals surface area contributed by atoms with Crippen LogP contribution in [0.15, 0.2) is 0 Å². The van der Waals surface area contributed by atoms with Gasteiger partial charge in [0.2, 0.25) is 0 Å². The van der Waals surface area contributed by atoms with Crippen LogP contribution in [0.3, 0.4) is 0 Å².